The second-order valence-electron chi connectivity index (χ2n) is 9.00. The highest BCUT2D eigenvalue weighted by molar-refractivity contribution is 5.50. The van der Waals surface area contributed by atoms with Gasteiger partial charge in [0.1, 0.15) is 17.9 Å². The van der Waals surface area contributed by atoms with Crippen molar-refractivity contribution in [3.05, 3.63) is 135 Å². The number of nitrogens with two attached hydrogens (primary N) is 1. The molecule has 0 amide bonds. The minimum absolute atomic E-state index is 0.199. The van der Waals surface area contributed by atoms with Gasteiger partial charge < -0.3 is 20.7 Å². The Balaban J connectivity index is 1.63. The first-order chi connectivity index (χ1) is 17.4. The van der Waals surface area contributed by atoms with Gasteiger partial charge in [-0.1, -0.05) is 91.0 Å². The molecule has 36 heavy (non-hydrogen) atoms. The highest BCUT2D eigenvalue weighted by Gasteiger charge is 2.49. The number of aliphatic hydroxyl groups excluding tert-OH is 2. The molecule has 0 spiro atoms. The van der Waals surface area contributed by atoms with Gasteiger partial charge in [-0.3, -0.25) is 14.3 Å². The maximum atomic E-state index is 12.5. The van der Waals surface area contributed by atoms with Crippen LogP contribution in [-0.2, 0) is 10.2 Å². The van der Waals surface area contributed by atoms with E-state index in [4.69, 9.17) is 10.5 Å². The predicted molar refractivity (Wildman–Crippen MR) is 135 cm³/mol. The Morgan fingerprint density at radius 1 is 0.806 bits per heavy atom. The molecule has 0 radical (unpaired) electrons. The molecule has 2 heterocycles. The van der Waals surface area contributed by atoms with Crippen LogP contribution in [0.4, 0.5) is 5.69 Å². The van der Waals surface area contributed by atoms with Crippen molar-refractivity contribution in [2.75, 3.05) is 5.73 Å². The number of anilines is 1. The van der Waals surface area contributed by atoms with Crippen molar-refractivity contribution < 1.29 is 14.9 Å². The van der Waals surface area contributed by atoms with Gasteiger partial charge in [-0.25, -0.2) is 4.79 Å². The summed E-state index contributed by atoms with van der Waals surface area (Å²) in [7, 11) is 0. The minimum Gasteiger partial charge on any atom is -0.393 e. The number of ether oxygens (including phenoxy) is 1. The normalized spacial score (nSPS) is 21.9. The topological polar surface area (TPSA) is 131 Å². The van der Waals surface area contributed by atoms with Gasteiger partial charge in [0, 0.05) is 11.6 Å². The van der Waals surface area contributed by atoms with Gasteiger partial charge in [0.05, 0.1) is 6.10 Å². The quantitative estimate of drug-likeness (QED) is 0.310. The number of nitrogen functional groups attached to an aromatic ring is 1. The maximum Gasteiger partial charge on any atom is 0.330 e. The molecule has 0 bridgehead atoms. The second kappa shape index (κ2) is 9.58. The molecule has 1 aliphatic rings. The highest BCUT2D eigenvalue weighted by Crippen LogP contribution is 2.46. The standard InChI is InChI=1S/C28H27N3O5/c29-21-17-31(27(35)30-25(21)34)26-24(33)23(32)22(36-26)16-28(18-10-4-1-5-11-18,19-12-6-2-7-13-19)20-14-8-3-9-15-20/h1-15,17,22-24,26,32-33H,16,29H2,(H,30,34,35)/t22-,23+,24+,26-/m1/s1. The van der Waals surface area contributed by atoms with E-state index < -0.39 is 41.2 Å². The van der Waals surface area contributed by atoms with Crippen LogP contribution in [0.2, 0.25) is 0 Å². The van der Waals surface area contributed by atoms with Crippen LogP contribution in [0.1, 0.15) is 29.3 Å². The van der Waals surface area contributed by atoms with Gasteiger partial charge in [-0.15, -0.1) is 0 Å². The van der Waals surface area contributed by atoms with E-state index in [0.717, 1.165) is 27.5 Å². The van der Waals surface area contributed by atoms with Gasteiger partial charge in [-0.2, -0.15) is 0 Å². The number of nitrogens with one attached hydrogen (secondary N) is 1. The molecule has 4 aromatic rings. The van der Waals surface area contributed by atoms with Crippen LogP contribution in [0.5, 0.6) is 0 Å². The Kier molecular flexibility index (Phi) is 6.32. The zero-order valence-electron chi connectivity index (χ0n) is 19.4. The van der Waals surface area contributed by atoms with Crippen molar-refractivity contribution in [2.45, 2.75) is 36.4 Å². The summed E-state index contributed by atoms with van der Waals surface area (Å²) in [5.41, 5.74) is 6.22. The second-order valence-corrected chi connectivity index (χ2v) is 9.00. The minimum atomic E-state index is -1.42. The molecule has 0 unspecified atom stereocenters. The lowest BCUT2D eigenvalue weighted by molar-refractivity contribution is -0.0449. The molecule has 1 aliphatic heterocycles. The zero-order chi connectivity index (χ0) is 25.3. The molecule has 8 nitrogen and oxygen atoms in total. The molecule has 1 aromatic heterocycles. The van der Waals surface area contributed by atoms with E-state index >= 15 is 0 Å². The number of benzene rings is 3. The van der Waals surface area contributed by atoms with Crippen LogP contribution in [-0.4, -0.2) is 38.1 Å². The number of hydrogen-bond acceptors (Lipinski definition) is 6. The van der Waals surface area contributed by atoms with Crippen molar-refractivity contribution in [3.8, 4) is 0 Å². The van der Waals surface area contributed by atoms with Crippen LogP contribution in [0, 0.1) is 0 Å². The van der Waals surface area contributed by atoms with Crippen LogP contribution >= 0.6 is 0 Å². The molecule has 3 aromatic carbocycles. The number of aromatic nitrogens is 2. The summed E-state index contributed by atoms with van der Waals surface area (Å²) in [6.45, 7) is 0. The first kappa shape index (κ1) is 23.7. The van der Waals surface area contributed by atoms with E-state index in [9.17, 15) is 19.8 Å². The van der Waals surface area contributed by atoms with E-state index in [-0.39, 0.29) is 12.1 Å². The van der Waals surface area contributed by atoms with Gasteiger partial charge in [-0.05, 0) is 23.1 Å². The van der Waals surface area contributed by atoms with Crippen molar-refractivity contribution in [1.29, 1.82) is 0 Å². The Hall–Kier alpha value is -3.98. The Labute approximate surface area is 207 Å². The van der Waals surface area contributed by atoms with E-state index in [0.29, 0.717) is 0 Å². The van der Waals surface area contributed by atoms with Gasteiger partial charge in [0.15, 0.2) is 6.23 Å². The summed E-state index contributed by atoms with van der Waals surface area (Å²) in [4.78, 5) is 26.3. The number of aliphatic hydroxyl groups is 2. The number of rotatable bonds is 6. The fourth-order valence-corrected chi connectivity index (χ4v) is 5.14. The fourth-order valence-electron chi connectivity index (χ4n) is 5.14. The summed E-state index contributed by atoms with van der Waals surface area (Å²) in [6.07, 6.45) is -3.40. The van der Waals surface area contributed by atoms with Gasteiger partial charge in [0.25, 0.3) is 5.56 Å². The number of hydrogen-bond donors (Lipinski definition) is 4. The smallest absolute Gasteiger partial charge is 0.330 e. The van der Waals surface area contributed by atoms with E-state index in [1.165, 1.54) is 0 Å². The molecule has 1 fully saturated rings. The summed E-state index contributed by atoms with van der Waals surface area (Å²) in [5, 5.41) is 22.0. The number of H-pyrrole nitrogens is 1. The lowest BCUT2D eigenvalue weighted by atomic mass is 9.66. The predicted octanol–water partition coefficient (Wildman–Crippen LogP) is 2.16. The van der Waals surface area contributed by atoms with E-state index in [1.54, 1.807) is 0 Å². The number of nitrogens with zero attached hydrogens (tertiary/aromatic N) is 1. The molecular formula is C28H27N3O5. The monoisotopic (exact) mass is 485 g/mol. The molecule has 5 N–H and O–H groups in total. The summed E-state index contributed by atoms with van der Waals surface area (Å²) < 4.78 is 7.17. The highest BCUT2D eigenvalue weighted by atomic mass is 16.6. The maximum absolute atomic E-state index is 12.5. The Bertz CT molecular complexity index is 1340. The summed E-state index contributed by atoms with van der Waals surface area (Å²) in [5.74, 6) is 0. The molecule has 8 heteroatoms. The lowest BCUT2D eigenvalue weighted by Crippen LogP contribution is -2.40. The fraction of sp³-hybridized carbons (Fsp3) is 0.214. The average molecular weight is 486 g/mol. The largest absolute Gasteiger partial charge is 0.393 e. The number of aromatic amines is 1. The summed E-state index contributed by atoms with van der Waals surface area (Å²) >= 11 is 0. The van der Waals surface area contributed by atoms with Crippen LogP contribution < -0.4 is 17.0 Å². The molecule has 0 aliphatic carbocycles. The Morgan fingerprint density at radius 3 is 1.75 bits per heavy atom. The van der Waals surface area contributed by atoms with Crippen LogP contribution in [0.15, 0.2) is 107 Å². The first-order valence-electron chi connectivity index (χ1n) is 11.7. The van der Waals surface area contributed by atoms with Crippen molar-refractivity contribution >= 4 is 5.69 Å². The van der Waals surface area contributed by atoms with Gasteiger partial charge >= 0.3 is 5.69 Å². The lowest BCUT2D eigenvalue weighted by Gasteiger charge is -2.38. The first-order valence-corrected chi connectivity index (χ1v) is 11.7. The van der Waals surface area contributed by atoms with Crippen molar-refractivity contribution in [1.82, 2.24) is 9.55 Å². The third-order valence-electron chi connectivity index (χ3n) is 6.91. The molecule has 5 rings (SSSR count). The molecule has 184 valence electrons. The van der Waals surface area contributed by atoms with Crippen LogP contribution in [0.25, 0.3) is 0 Å². The van der Waals surface area contributed by atoms with Crippen LogP contribution in [0.3, 0.4) is 0 Å². The zero-order valence-corrected chi connectivity index (χ0v) is 19.4. The van der Waals surface area contributed by atoms with E-state index in [1.807, 2.05) is 91.0 Å². The third kappa shape index (κ3) is 4.05. The third-order valence-corrected chi connectivity index (χ3v) is 6.91. The van der Waals surface area contributed by atoms with Crippen molar-refractivity contribution in [2.24, 2.45) is 0 Å². The molecule has 0 saturated carbocycles. The summed E-state index contributed by atoms with van der Waals surface area (Å²) in [6, 6.07) is 29.8. The molecule has 1 saturated heterocycles. The molecule has 4 atom stereocenters. The molecular weight excluding hydrogens is 458 g/mol. The van der Waals surface area contributed by atoms with E-state index in [2.05, 4.69) is 4.98 Å². The van der Waals surface area contributed by atoms with Crippen molar-refractivity contribution in [3.63, 3.8) is 0 Å². The van der Waals surface area contributed by atoms with Gasteiger partial charge in [0.2, 0.25) is 0 Å². The SMILES string of the molecule is Nc1cn([C@@H]2O[C@H](CC(c3ccccc3)(c3ccccc3)c3ccccc3)[C@H](O)[C@@H]2O)c(=O)[nH]c1=O. The Morgan fingerprint density at radius 2 is 1.28 bits per heavy atom. The average Bonchev–Trinajstić information content (AvgIpc) is 3.19.